The first-order chi connectivity index (χ1) is 16.1. The first kappa shape index (κ1) is 23.3. The second-order valence-electron chi connectivity index (χ2n) is 8.23. The molecule has 7 nitrogen and oxygen atoms in total. The summed E-state index contributed by atoms with van der Waals surface area (Å²) in [5, 5.41) is 0. The first-order valence-corrected chi connectivity index (χ1v) is 10.5. The fraction of sp³-hybridized carbons (Fsp3) is 0.292. The van der Waals surface area contributed by atoms with Crippen LogP contribution in [0.15, 0.2) is 48.8 Å². The molecule has 1 N–H and O–H groups in total. The molecule has 2 aromatic heterocycles. The van der Waals surface area contributed by atoms with Crippen LogP contribution in [-0.4, -0.2) is 65.0 Å². The zero-order valence-corrected chi connectivity index (χ0v) is 18.6. The van der Waals surface area contributed by atoms with Crippen molar-refractivity contribution in [3.8, 4) is 17.0 Å². The highest BCUT2D eigenvalue weighted by molar-refractivity contribution is 6.04. The summed E-state index contributed by atoms with van der Waals surface area (Å²) in [6.45, 7) is -1.38. The van der Waals surface area contributed by atoms with E-state index in [0.717, 1.165) is 5.56 Å². The summed E-state index contributed by atoms with van der Waals surface area (Å²) in [5.74, 6) is -0.293. The standard InChI is InChI=1S/C24H23F3N4O3/c1-30(2)23(33)31-12-18-21(19(32)13-31)17(10-15-6-4-3-5-7-15)22(29-18)16-8-9-28-11-20(16)34-14-24(25,26)27/h3-9,11,29H,10,12-14H2,1-2H3. The van der Waals surface area contributed by atoms with Crippen molar-refractivity contribution in [1.82, 2.24) is 19.8 Å². The van der Waals surface area contributed by atoms with Crippen molar-refractivity contribution in [2.24, 2.45) is 0 Å². The van der Waals surface area contributed by atoms with Crippen molar-refractivity contribution >= 4 is 11.8 Å². The molecule has 178 valence electrons. The lowest BCUT2D eigenvalue weighted by molar-refractivity contribution is -0.153. The molecule has 1 aliphatic rings. The smallest absolute Gasteiger partial charge is 0.422 e. The summed E-state index contributed by atoms with van der Waals surface area (Å²) < 4.78 is 43.5. The summed E-state index contributed by atoms with van der Waals surface area (Å²) in [6, 6.07) is 10.7. The van der Waals surface area contributed by atoms with Crippen LogP contribution in [0.1, 0.15) is 27.2 Å². The molecule has 1 aromatic carbocycles. The highest BCUT2D eigenvalue weighted by Gasteiger charge is 2.34. The van der Waals surface area contributed by atoms with Gasteiger partial charge in [-0.3, -0.25) is 9.78 Å². The third-order valence-corrected chi connectivity index (χ3v) is 5.47. The van der Waals surface area contributed by atoms with Crippen molar-refractivity contribution in [1.29, 1.82) is 0 Å². The van der Waals surface area contributed by atoms with Crippen molar-refractivity contribution < 1.29 is 27.5 Å². The van der Waals surface area contributed by atoms with Crippen LogP contribution in [0.4, 0.5) is 18.0 Å². The van der Waals surface area contributed by atoms with Crippen LogP contribution in [0.25, 0.3) is 11.3 Å². The van der Waals surface area contributed by atoms with E-state index in [-0.39, 0.29) is 30.7 Å². The molecule has 0 saturated heterocycles. The van der Waals surface area contributed by atoms with Gasteiger partial charge in [-0.1, -0.05) is 30.3 Å². The van der Waals surface area contributed by atoms with E-state index in [1.54, 1.807) is 20.2 Å². The molecule has 10 heteroatoms. The van der Waals surface area contributed by atoms with E-state index in [9.17, 15) is 22.8 Å². The largest absolute Gasteiger partial charge is 0.482 e. The number of amides is 2. The van der Waals surface area contributed by atoms with Gasteiger partial charge < -0.3 is 19.5 Å². The van der Waals surface area contributed by atoms with Crippen molar-refractivity contribution in [3.63, 3.8) is 0 Å². The van der Waals surface area contributed by atoms with Gasteiger partial charge in [0.25, 0.3) is 0 Å². The maximum atomic E-state index is 13.2. The number of ether oxygens (including phenoxy) is 1. The van der Waals surface area contributed by atoms with E-state index in [0.29, 0.717) is 34.5 Å². The summed E-state index contributed by atoms with van der Waals surface area (Å²) >= 11 is 0. The van der Waals surface area contributed by atoms with Crippen LogP contribution in [0.5, 0.6) is 5.75 Å². The minimum atomic E-state index is -4.52. The van der Waals surface area contributed by atoms with Gasteiger partial charge in [-0.15, -0.1) is 0 Å². The molecule has 0 fully saturated rings. The third kappa shape index (κ3) is 4.90. The fourth-order valence-corrected chi connectivity index (χ4v) is 4.04. The molecule has 34 heavy (non-hydrogen) atoms. The van der Waals surface area contributed by atoms with Gasteiger partial charge in [-0.25, -0.2) is 4.79 Å². The number of urea groups is 1. The van der Waals surface area contributed by atoms with Crippen molar-refractivity contribution in [2.45, 2.75) is 19.1 Å². The molecule has 3 heterocycles. The minimum absolute atomic E-state index is 0.0543. The quantitative estimate of drug-likeness (QED) is 0.601. The Kier molecular flexibility index (Phi) is 6.32. The number of rotatable bonds is 5. The summed E-state index contributed by atoms with van der Waals surface area (Å²) in [5.41, 5.74) is 3.40. The monoisotopic (exact) mass is 472 g/mol. The Bertz CT molecular complexity index is 1210. The minimum Gasteiger partial charge on any atom is -0.482 e. The Morgan fingerprint density at radius 2 is 1.91 bits per heavy atom. The lowest BCUT2D eigenvalue weighted by Gasteiger charge is -2.29. The number of nitrogens with zero attached hydrogens (tertiary/aromatic N) is 3. The zero-order valence-electron chi connectivity index (χ0n) is 18.6. The Hall–Kier alpha value is -3.82. The Labute approximate surface area is 194 Å². The number of hydrogen-bond donors (Lipinski definition) is 1. The molecule has 0 atom stereocenters. The van der Waals surface area contributed by atoms with Crippen LogP contribution in [-0.2, 0) is 13.0 Å². The van der Waals surface area contributed by atoms with Crippen molar-refractivity contribution in [3.05, 3.63) is 71.2 Å². The van der Waals surface area contributed by atoms with Gasteiger partial charge in [0.05, 0.1) is 25.0 Å². The number of carbonyl (C=O) groups excluding carboxylic acids is 2. The number of halogens is 3. The number of hydrogen-bond acceptors (Lipinski definition) is 4. The van der Waals surface area contributed by atoms with E-state index in [1.807, 2.05) is 30.3 Å². The highest BCUT2D eigenvalue weighted by Crippen LogP contribution is 2.38. The number of pyridine rings is 1. The van der Waals surface area contributed by atoms with Gasteiger partial charge in [0, 0.05) is 43.5 Å². The SMILES string of the molecule is CN(C)C(=O)N1CC(=O)c2c([nH]c(-c3ccncc3OCC(F)(F)F)c2Cc2ccccc2)C1. The zero-order chi connectivity index (χ0) is 24.5. The number of Topliss-reactive ketones (excluding diaryl/α,β-unsaturated/α-hetero) is 1. The van der Waals surface area contributed by atoms with Gasteiger partial charge in [-0.05, 0) is 17.2 Å². The van der Waals surface area contributed by atoms with E-state index in [1.165, 1.54) is 22.2 Å². The van der Waals surface area contributed by atoms with Crippen LogP contribution >= 0.6 is 0 Å². The van der Waals surface area contributed by atoms with E-state index < -0.39 is 12.8 Å². The predicted molar refractivity (Wildman–Crippen MR) is 119 cm³/mol. The molecule has 0 saturated carbocycles. The number of benzene rings is 1. The van der Waals surface area contributed by atoms with Gasteiger partial charge in [0.15, 0.2) is 12.4 Å². The van der Waals surface area contributed by atoms with Crippen LogP contribution in [0, 0.1) is 0 Å². The molecule has 0 radical (unpaired) electrons. The van der Waals surface area contributed by atoms with E-state index in [2.05, 4.69) is 9.97 Å². The number of aromatic amines is 1. The van der Waals surface area contributed by atoms with Crippen molar-refractivity contribution in [2.75, 3.05) is 27.2 Å². The normalized spacial score (nSPS) is 13.6. The molecule has 4 rings (SSSR count). The summed E-state index contributed by atoms with van der Waals surface area (Å²) in [7, 11) is 3.20. The lowest BCUT2D eigenvalue weighted by Crippen LogP contribution is -2.44. The maximum Gasteiger partial charge on any atom is 0.422 e. The van der Waals surface area contributed by atoms with Crippen LogP contribution in [0.2, 0.25) is 0 Å². The predicted octanol–water partition coefficient (Wildman–Crippen LogP) is 4.29. The average Bonchev–Trinajstić information content (AvgIpc) is 3.16. The van der Waals surface area contributed by atoms with E-state index in [4.69, 9.17) is 4.74 Å². The summed E-state index contributed by atoms with van der Waals surface area (Å²) in [4.78, 5) is 35.6. The fourth-order valence-electron chi connectivity index (χ4n) is 4.04. The first-order valence-electron chi connectivity index (χ1n) is 10.5. The number of aromatic nitrogens is 2. The average molecular weight is 472 g/mol. The maximum absolute atomic E-state index is 13.2. The number of fused-ring (bicyclic) bond motifs is 1. The van der Waals surface area contributed by atoms with Gasteiger partial charge in [0.2, 0.25) is 0 Å². The molecular formula is C24H23F3N4O3. The second kappa shape index (κ2) is 9.20. The van der Waals surface area contributed by atoms with Gasteiger partial charge in [0.1, 0.15) is 5.75 Å². The molecule has 0 aliphatic carbocycles. The number of ketones is 1. The Balaban J connectivity index is 1.82. The molecule has 3 aromatic rings. The highest BCUT2D eigenvalue weighted by atomic mass is 19.4. The van der Waals surface area contributed by atoms with Crippen LogP contribution < -0.4 is 4.74 Å². The number of nitrogens with one attached hydrogen (secondary N) is 1. The molecule has 1 aliphatic heterocycles. The number of H-pyrrole nitrogens is 1. The van der Waals surface area contributed by atoms with Gasteiger partial charge >= 0.3 is 12.2 Å². The third-order valence-electron chi connectivity index (χ3n) is 5.47. The number of carbonyl (C=O) groups is 2. The summed E-state index contributed by atoms with van der Waals surface area (Å²) in [6.07, 6.45) is -1.48. The molecule has 0 bridgehead atoms. The Morgan fingerprint density at radius 3 is 2.59 bits per heavy atom. The van der Waals surface area contributed by atoms with Gasteiger partial charge in [-0.2, -0.15) is 13.2 Å². The molecule has 0 spiro atoms. The molecule has 2 amide bonds. The number of alkyl halides is 3. The molecule has 0 unspecified atom stereocenters. The topological polar surface area (TPSA) is 78.5 Å². The van der Waals surface area contributed by atoms with Crippen LogP contribution in [0.3, 0.4) is 0 Å². The lowest BCUT2D eigenvalue weighted by atomic mass is 9.93. The molecular weight excluding hydrogens is 449 g/mol. The Morgan fingerprint density at radius 1 is 1.18 bits per heavy atom. The second-order valence-corrected chi connectivity index (χ2v) is 8.23. The van der Waals surface area contributed by atoms with E-state index >= 15 is 0 Å².